The maximum Gasteiger partial charge on any atom is 0.331 e. The summed E-state index contributed by atoms with van der Waals surface area (Å²) in [4.78, 5) is 37.8. The first-order chi connectivity index (χ1) is 12.5. The average Bonchev–Trinajstić information content (AvgIpc) is 2.64. The lowest BCUT2D eigenvalue weighted by molar-refractivity contribution is -0.130. The van der Waals surface area contributed by atoms with Crippen LogP contribution in [0, 0.1) is 0 Å². The summed E-state index contributed by atoms with van der Waals surface area (Å²) in [6.45, 7) is 0.0506. The fraction of sp³-hybridized carbons (Fsp3) is 0.105. The highest BCUT2D eigenvalue weighted by molar-refractivity contribution is 6.30. The molecule has 0 aliphatic carbocycles. The van der Waals surface area contributed by atoms with Crippen molar-refractivity contribution in [2.24, 2.45) is 0 Å². The summed E-state index contributed by atoms with van der Waals surface area (Å²) in [5.74, 6) is -1.30. The normalized spacial score (nSPS) is 16.0. The van der Waals surface area contributed by atoms with Gasteiger partial charge in [0.05, 0.1) is 13.7 Å². The number of phenols is 1. The molecule has 2 N–H and O–H groups in total. The van der Waals surface area contributed by atoms with Gasteiger partial charge in [0.1, 0.15) is 5.57 Å². The number of methoxy groups -OCH3 is 1. The second kappa shape index (κ2) is 7.10. The highest BCUT2D eigenvalue weighted by Gasteiger charge is 2.35. The van der Waals surface area contributed by atoms with Crippen molar-refractivity contribution in [2.45, 2.75) is 6.54 Å². The third-order valence-corrected chi connectivity index (χ3v) is 3.88. The van der Waals surface area contributed by atoms with Crippen LogP contribution in [0.25, 0.3) is 6.08 Å². The van der Waals surface area contributed by atoms with Gasteiger partial charge in [0, 0.05) is 0 Å². The average molecular weight is 352 g/mol. The number of rotatable bonds is 4. The van der Waals surface area contributed by atoms with Crippen LogP contribution in [-0.4, -0.2) is 35.0 Å². The molecule has 2 aromatic rings. The molecule has 1 fully saturated rings. The summed E-state index contributed by atoms with van der Waals surface area (Å²) < 4.78 is 5.02. The molecule has 132 valence electrons. The third kappa shape index (κ3) is 3.41. The number of aromatic hydroxyl groups is 1. The van der Waals surface area contributed by atoms with E-state index >= 15 is 0 Å². The Bertz CT molecular complexity index is 905. The standard InChI is InChI=1S/C19H16N2O5/c1-26-16-10-13(7-8-15(16)22)9-14-17(23)20-19(25)21(18(14)24)11-12-5-3-2-4-6-12/h2-10,22H,11H2,1H3,(H,20,23,25). The minimum Gasteiger partial charge on any atom is -0.504 e. The van der Waals surface area contributed by atoms with Gasteiger partial charge in [-0.05, 0) is 29.3 Å². The molecule has 3 rings (SSSR count). The van der Waals surface area contributed by atoms with Crippen molar-refractivity contribution in [1.82, 2.24) is 10.2 Å². The number of hydrogen-bond donors (Lipinski definition) is 2. The van der Waals surface area contributed by atoms with Crippen molar-refractivity contribution >= 4 is 23.9 Å². The highest BCUT2D eigenvalue weighted by atomic mass is 16.5. The monoisotopic (exact) mass is 352 g/mol. The first-order valence-electron chi connectivity index (χ1n) is 7.79. The zero-order chi connectivity index (χ0) is 18.7. The quantitative estimate of drug-likeness (QED) is 0.649. The third-order valence-electron chi connectivity index (χ3n) is 3.88. The van der Waals surface area contributed by atoms with E-state index in [-0.39, 0.29) is 23.6 Å². The lowest BCUT2D eigenvalue weighted by atomic mass is 10.1. The number of phenolic OH excluding ortho intramolecular Hbond substituents is 1. The van der Waals surface area contributed by atoms with Crippen LogP contribution in [0.2, 0.25) is 0 Å². The molecule has 0 spiro atoms. The van der Waals surface area contributed by atoms with Gasteiger partial charge in [-0.25, -0.2) is 4.79 Å². The minimum atomic E-state index is -0.767. The highest BCUT2D eigenvalue weighted by Crippen LogP contribution is 2.27. The van der Waals surface area contributed by atoms with Crippen LogP contribution in [0.1, 0.15) is 11.1 Å². The van der Waals surface area contributed by atoms with Crippen LogP contribution in [0.5, 0.6) is 11.5 Å². The summed E-state index contributed by atoms with van der Waals surface area (Å²) in [7, 11) is 1.39. The van der Waals surface area contributed by atoms with Gasteiger partial charge in [0.25, 0.3) is 11.8 Å². The Kier molecular flexibility index (Phi) is 4.70. The molecule has 0 atom stereocenters. The molecule has 1 heterocycles. The molecule has 1 saturated heterocycles. The molecular formula is C19H16N2O5. The second-order valence-corrected chi connectivity index (χ2v) is 5.63. The number of imide groups is 2. The molecule has 0 saturated carbocycles. The van der Waals surface area contributed by atoms with E-state index in [1.54, 1.807) is 24.3 Å². The van der Waals surface area contributed by atoms with E-state index in [4.69, 9.17) is 4.74 Å². The fourth-order valence-electron chi connectivity index (χ4n) is 2.55. The summed E-state index contributed by atoms with van der Waals surface area (Å²) >= 11 is 0. The van der Waals surface area contributed by atoms with Gasteiger partial charge >= 0.3 is 6.03 Å². The maximum absolute atomic E-state index is 12.7. The molecule has 0 bridgehead atoms. The smallest absolute Gasteiger partial charge is 0.331 e. The zero-order valence-corrected chi connectivity index (χ0v) is 13.9. The predicted molar refractivity (Wildman–Crippen MR) is 93.2 cm³/mol. The number of carbonyl (C=O) groups excluding carboxylic acids is 3. The number of barbiturate groups is 1. The largest absolute Gasteiger partial charge is 0.504 e. The second-order valence-electron chi connectivity index (χ2n) is 5.63. The summed E-state index contributed by atoms with van der Waals surface area (Å²) in [5.41, 5.74) is 1.07. The Balaban J connectivity index is 1.92. The van der Waals surface area contributed by atoms with Crippen LogP contribution in [-0.2, 0) is 16.1 Å². The SMILES string of the molecule is COc1cc(C=C2C(=O)NC(=O)N(Cc3ccccc3)C2=O)ccc1O. The van der Waals surface area contributed by atoms with Crippen LogP contribution >= 0.6 is 0 Å². The zero-order valence-electron chi connectivity index (χ0n) is 13.9. The molecule has 0 unspecified atom stereocenters. The van der Waals surface area contributed by atoms with Crippen LogP contribution in [0.15, 0.2) is 54.1 Å². The number of ether oxygens (including phenoxy) is 1. The molecule has 26 heavy (non-hydrogen) atoms. The van der Waals surface area contributed by atoms with Gasteiger partial charge < -0.3 is 9.84 Å². The first-order valence-corrected chi connectivity index (χ1v) is 7.79. The summed E-state index contributed by atoms with van der Waals surface area (Å²) in [5, 5.41) is 11.8. The first kappa shape index (κ1) is 17.2. The van der Waals surface area contributed by atoms with Crippen molar-refractivity contribution in [3.63, 3.8) is 0 Å². The Morgan fingerprint density at radius 2 is 1.85 bits per heavy atom. The van der Waals surface area contributed by atoms with Gasteiger partial charge in [-0.2, -0.15) is 0 Å². The van der Waals surface area contributed by atoms with E-state index in [9.17, 15) is 19.5 Å². The maximum atomic E-state index is 12.7. The van der Waals surface area contributed by atoms with Crippen molar-refractivity contribution in [2.75, 3.05) is 7.11 Å². The number of hydrogen-bond acceptors (Lipinski definition) is 5. The number of amides is 4. The van der Waals surface area contributed by atoms with Crippen molar-refractivity contribution < 1.29 is 24.2 Å². The van der Waals surface area contributed by atoms with E-state index in [1.165, 1.54) is 31.4 Å². The van der Waals surface area contributed by atoms with E-state index in [0.717, 1.165) is 10.5 Å². The van der Waals surface area contributed by atoms with Gasteiger partial charge in [0.15, 0.2) is 11.5 Å². The summed E-state index contributed by atoms with van der Waals surface area (Å²) in [6, 6.07) is 12.6. The van der Waals surface area contributed by atoms with E-state index < -0.39 is 17.8 Å². The van der Waals surface area contributed by atoms with Gasteiger partial charge in [-0.3, -0.25) is 19.8 Å². The predicted octanol–water partition coefficient (Wildman–Crippen LogP) is 2.06. The van der Waals surface area contributed by atoms with E-state index in [2.05, 4.69) is 5.32 Å². The van der Waals surface area contributed by atoms with Crippen molar-refractivity contribution in [3.05, 3.63) is 65.2 Å². The number of urea groups is 1. The number of carbonyl (C=O) groups is 3. The Labute approximate surface area is 149 Å². The van der Waals surface area contributed by atoms with Crippen molar-refractivity contribution in [3.8, 4) is 11.5 Å². The van der Waals surface area contributed by atoms with Gasteiger partial charge in [0.2, 0.25) is 0 Å². The van der Waals surface area contributed by atoms with E-state index in [0.29, 0.717) is 5.56 Å². The molecule has 1 aliphatic heterocycles. The Hall–Kier alpha value is -3.61. The molecule has 2 aromatic carbocycles. The number of nitrogens with zero attached hydrogens (tertiary/aromatic N) is 1. The molecule has 7 heteroatoms. The van der Waals surface area contributed by atoms with Gasteiger partial charge in [-0.15, -0.1) is 0 Å². The molecule has 0 radical (unpaired) electrons. The lowest BCUT2D eigenvalue weighted by Gasteiger charge is -2.26. The number of benzene rings is 2. The minimum absolute atomic E-state index is 0.0506. The summed E-state index contributed by atoms with van der Waals surface area (Å²) in [6.07, 6.45) is 1.35. The Morgan fingerprint density at radius 3 is 2.54 bits per heavy atom. The van der Waals surface area contributed by atoms with Crippen LogP contribution in [0.4, 0.5) is 4.79 Å². The Morgan fingerprint density at radius 1 is 1.12 bits per heavy atom. The topological polar surface area (TPSA) is 95.9 Å². The number of nitrogens with one attached hydrogen (secondary N) is 1. The van der Waals surface area contributed by atoms with Crippen LogP contribution in [0.3, 0.4) is 0 Å². The van der Waals surface area contributed by atoms with Crippen molar-refractivity contribution in [1.29, 1.82) is 0 Å². The molecule has 7 nitrogen and oxygen atoms in total. The molecule has 0 aromatic heterocycles. The van der Waals surface area contributed by atoms with Gasteiger partial charge in [-0.1, -0.05) is 36.4 Å². The molecular weight excluding hydrogens is 336 g/mol. The molecule has 4 amide bonds. The van der Waals surface area contributed by atoms with Crippen LogP contribution < -0.4 is 10.1 Å². The molecule has 1 aliphatic rings. The fourth-order valence-corrected chi connectivity index (χ4v) is 2.55. The lowest BCUT2D eigenvalue weighted by Crippen LogP contribution is -2.53. The van der Waals surface area contributed by atoms with E-state index in [1.807, 2.05) is 6.07 Å².